The maximum absolute atomic E-state index is 3.84. The van der Waals surface area contributed by atoms with Crippen molar-refractivity contribution in [2.24, 2.45) is 0 Å². The highest BCUT2D eigenvalue weighted by Gasteiger charge is 2.17. The fourth-order valence-corrected chi connectivity index (χ4v) is 3.91. The van der Waals surface area contributed by atoms with Crippen molar-refractivity contribution >= 4 is 8.07 Å². The molecule has 0 spiro atoms. The van der Waals surface area contributed by atoms with Gasteiger partial charge in [-0.1, -0.05) is 32.1 Å². The van der Waals surface area contributed by atoms with Crippen LogP contribution in [0.5, 0.6) is 0 Å². The summed E-state index contributed by atoms with van der Waals surface area (Å²) in [5, 5.41) is 0. The lowest BCUT2D eigenvalue weighted by Gasteiger charge is -2.22. The molecule has 0 radical (unpaired) electrons. The van der Waals surface area contributed by atoms with Crippen molar-refractivity contribution in [3.8, 4) is 0 Å². The molecule has 0 fully saturated rings. The predicted octanol–water partition coefficient (Wildman–Crippen LogP) is 3.61. The normalized spacial score (nSPS) is 12.1. The third-order valence-corrected chi connectivity index (χ3v) is 5.80. The van der Waals surface area contributed by atoms with Crippen LogP contribution in [0, 0.1) is 0 Å². The van der Waals surface area contributed by atoms with E-state index in [1.165, 1.54) is 38.0 Å². The SMILES string of the molecule is C=CC[Si](C)(C)CCCN(C)CCC. The monoisotopic (exact) mass is 213 g/mol. The van der Waals surface area contributed by atoms with Crippen LogP contribution in [0.25, 0.3) is 0 Å². The van der Waals surface area contributed by atoms with Gasteiger partial charge in [0.2, 0.25) is 0 Å². The summed E-state index contributed by atoms with van der Waals surface area (Å²) < 4.78 is 0. The minimum atomic E-state index is -0.938. The first-order valence-corrected chi connectivity index (χ1v) is 9.22. The zero-order chi connectivity index (χ0) is 11.0. The molecule has 0 aromatic heterocycles. The van der Waals surface area contributed by atoms with Gasteiger partial charge in [0, 0.05) is 0 Å². The van der Waals surface area contributed by atoms with Crippen molar-refractivity contribution < 1.29 is 0 Å². The van der Waals surface area contributed by atoms with Crippen LogP contribution in [0.4, 0.5) is 0 Å². The zero-order valence-corrected chi connectivity index (χ0v) is 11.5. The van der Waals surface area contributed by atoms with E-state index in [4.69, 9.17) is 0 Å². The van der Waals surface area contributed by atoms with E-state index in [2.05, 4.69) is 44.6 Å². The maximum atomic E-state index is 3.84. The van der Waals surface area contributed by atoms with E-state index in [9.17, 15) is 0 Å². The van der Waals surface area contributed by atoms with E-state index in [0.29, 0.717) is 0 Å². The Morgan fingerprint density at radius 2 is 1.93 bits per heavy atom. The topological polar surface area (TPSA) is 3.24 Å². The minimum absolute atomic E-state index is 0.938. The second-order valence-corrected chi connectivity index (χ2v) is 10.3. The molecule has 0 saturated carbocycles. The zero-order valence-electron chi connectivity index (χ0n) is 10.5. The first-order chi connectivity index (χ1) is 6.52. The van der Waals surface area contributed by atoms with Crippen molar-refractivity contribution in [2.75, 3.05) is 20.1 Å². The van der Waals surface area contributed by atoms with Crippen molar-refractivity contribution in [1.29, 1.82) is 0 Å². The van der Waals surface area contributed by atoms with Crippen molar-refractivity contribution in [3.05, 3.63) is 12.7 Å². The standard InChI is InChI=1S/C12H27NSi/c1-6-9-13(3)10-8-12-14(4,5)11-7-2/h7H,2,6,8-12H2,1,3-5H3. The number of allylic oxidation sites excluding steroid dienone is 1. The van der Waals surface area contributed by atoms with Gasteiger partial charge in [-0.15, -0.1) is 6.58 Å². The van der Waals surface area contributed by atoms with Gasteiger partial charge in [-0.3, -0.25) is 0 Å². The van der Waals surface area contributed by atoms with E-state index in [-0.39, 0.29) is 0 Å². The Balaban J connectivity index is 3.56. The lowest BCUT2D eigenvalue weighted by atomic mass is 10.4. The molecule has 0 saturated heterocycles. The summed E-state index contributed by atoms with van der Waals surface area (Å²) in [6, 6.07) is 2.71. The second-order valence-electron chi connectivity index (χ2n) is 5.06. The summed E-state index contributed by atoms with van der Waals surface area (Å²) >= 11 is 0. The van der Waals surface area contributed by atoms with E-state index in [1.807, 2.05) is 0 Å². The lowest BCUT2D eigenvalue weighted by molar-refractivity contribution is 0.335. The molecule has 84 valence electrons. The van der Waals surface area contributed by atoms with Crippen LogP contribution in [0.1, 0.15) is 19.8 Å². The summed E-state index contributed by atoms with van der Waals surface area (Å²) in [5.74, 6) is 0. The number of hydrogen-bond donors (Lipinski definition) is 0. The number of hydrogen-bond acceptors (Lipinski definition) is 1. The highest BCUT2D eigenvalue weighted by Crippen LogP contribution is 2.17. The second kappa shape index (κ2) is 7.24. The molecule has 0 bridgehead atoms. The first kappa shape index (κ1) is 13.9. The van der Waals surface area contributed by atoms with Gasteiger partial charge < -0.3 is 4.90 Å². The quantitative estimate of drug-likeness (QED) is 0.440. The molecule has 2 heteroatoms. The van der Waals surface area contributed by atoms with Crippen molar-refractivity contribution in [2.45, 2.75) is 44.9 Å². The Hall–Kier alpha value is -0.0831. The van der Waals surface area contributed by atoms with Crippen LogP contribution in [0.2, 0.25) is 25.2 Å². The van der Waals surface area contributed by atoms with Crippen LogP contribution in [-0.4, -0.2) is 33.1 Å². The van der Waals surface area contributed by atoms with E-state index < -0.39 is 8.07 Å². The molecule has 0 aliphatic rings. The molecule has 0 amide bonds. The fourth-order valence-electron chi connectivity index (χ4n) is 1.81. The maximum Gasteiger partial charge on any atom is 0.0511 e. The van der Waals surface area contributed by atoms with Gasteiger partial charge in [-0.05, 0) is 39.0 Å². The highest BCUT2D eigenvalue weighted by molar-refractivity contribution is 6.77. The molecule has 0 N–H and O–H groups in total. The van der Waals surface area contributed by atoms with Gasteiger partial charge in [0.1, 0.15) is 0 Å². The Morgan fingerprint density at radius 3 is 2.43 bits per heavy atom. The van der Waals surface area contributed by atoms with E-state index >= 15 is 0 Å². The average Bonchev–Trinajstić information content (AvgIpc) is 2.03. The lowest BCUT2D eigenvalue weighted by Crippen LogP contribution is -2.27. The van der Waals surface area contributed by atoms with Crippen molar-refractivity contribution in [3.63, 3.8) is 0 Å². The van der Waals surface area contributed by atoms with Crippen LogP contribution < -0.4 is 0 Å². The van der Waals surface area contributed by atoms with Crippen LogP contribution in [-0.2, 0) is 0 Å². The Bertz CT molecular complexity index is 154. The largest absolute Gasteiger partial charge is 0.306 e. The van der Waals surface area contributed by atoms with E-state index in [1.54, 1.807) is 0 Å². The molecule has 0 rings (SSSR count). The van der Waals surface area contributed by atoms with Gasteiger partial charge in [0.25, 0.3) is 0 Å². The number of rotatable bonds is 8. The van der Waals surface area contributed by atoms with Crippen LogP contribution in [0.3, 0.4) is 0 Å². The summed E-state index contributed by atoms with van der Waals surface area (Å²) in [4.78, 5) is 2.44. The van der Waals surface area contributed by atoms with Crippen molar-refractivity contribution in [1.82, 2.24) is 4.90 Å². The molecule has 0 heterocycles. The molecule has 0 aromatic rings. The molecular weight excluding hydrogens is 186 g/mol. The molecule has 0 aliphatic carbocycles. The van der Waals surface area contributed by atoms with Gasteiger partial charge in [0.05, 0.1) is 8.07 Å². The molecule has 0 aromatic carbocycles. The Labute approximate surface area is 91.2 Å². The highest BCUT2D eigenvalue weighted by atomic mass is 28.3. The summed E-state index contributed by atoms with van der Waals surface area (Å²) in [6.07, 6.45) is 4.73. The van der Waals surface area contributed by atoms with Gasteiger partial charge in [0.15, 0.2) is 0 Å². The summed E-state index contributed by atoms with van der Waals surface area (Å²) in [5.41, 5.74) is 0. The Kier molecular flexibility index (Phi) is 7.20. The Morgan fingerprint density at radius 1 is 1.29 bits per heavy atom. The molecule has 0 unspecified atom stereocenters. The average molecular weight is 213 g/mol. The van der Waals surface area contributed by atoms with Gasteiger partial charge in [-0.2, -0.15) is 0 Å². The number of nitrogens with zero attached hydrogens (tertiary/aromatic N) is 1. The van der Waals surface area contributed by atoms with E-state index in [0.717, 1.165) is 0 Å². The minimum Gasteiger partial charge on any atom is -0.306 e. The van der Waals surface area contributed by atoms with Gasteiger partial charge >= 0.3 is 0 Å². The smallest absolute Gasteiger partial charge is 0.0511 e. The molecule has 0 aliphatic heterocycles. The first-order valence-electron chi connectivity index (χ1n) is 5.81. The molecule has 1 nitrogen and oxygen atoms in total. The van der Waals surface area contributed by atoms with Crippen LogP contribution >= 0.6 is 0 Å². The predicted molar refractivity (Wildman–Crippen MR) is 69.7 cm³/mol. The molecule has 14 heavy (non-hydrogen) atoms. The summed E-state index contributed by atoms with van der Waals surface area (Å²) in [7, 11) is 1.29. The van der Waals surface area contributed by atoms with Crippen LogP contribution in [0.15, 0.2) is 12.7 Å². The molecular formula is C12H27NSi. The third kappa shape index (κ3) is 7.33. The van der Waals surface area contributed by atoms with Gasteiger partial charge in [-0.25, -0.2) is 0 Å². The molecule has 0 atom stereocenters. The fraction of sp³-hybridized carbons (Fsp3) is 0.833. The summed E-state index contributed by atoms with van der Waals surface area (Å²) in [6.45, 7) is 13.5. The third-order valence-electron chi connectivity index (χ3n) is 2.70.